The number of aryl methyl sites for hydroxylation is 1. The summed E-state index contributed by atoms with van der Waals surface area (Å²) in [6.07, 6.45) is 5.52. The predicted octanol–water partition coefficient (Wildman–Crippen LogP) is 2.51. The molecule has 3 heteroatoms. The summed E-state index contributed by atoms with van der Waals surface area (Å²) < 4.78 is 0. The zero-order chi connectivity index (χ0) is 8.39. The lowest BCUT2D eigenvalue weighted by Gasteiger charge is -1.91. The van der Waals surface area contributed by atoms with E-state index >= 15 is 0 Å². The van der Waals surface area contributed by atoms with Crippen molar-refractivity contribution >= 4 is 11.3 Å². The molecule has 0 aliphatic rings. The Morgan fingerprint density at radius 1 is 1.33 bits per heavy atom. The van der Waals surface area contributed by atoms with E-state index in [4.69, 9.17) is 0 Å². The second-order valence-corrected chi connectivity index (χ2v) is 3.72. The first-order chi connectivity index (χ1) is 5.86. The van der Waals surface area contributed by atoms with Crippen LogP contribution in [0.15, 0.2) is 30.7 Å². The summed E-state index contributed by atoms with van der Waals surface area (Å²) in [5, 5.41) is 1.09. The van der Waals surface area contributed by atoms with Crippen LogP contribution >= 0.6 is 11.3 Å². The molecular formula is C9H8N2S. The van der Waals surface area contributed by atoms with Crippen molar-refractivity contribution in [2.75, 3.05) is 0 Å². The molecule has 0 atom stereocenters. The average Bonchev–Trinajstić information content (AvgIpc) is 2.54. The summed E-state index contributed by atoms with van der Waals surface area (Å²) in [5.41, 5.74) is 1.14. The van der Waals surface area contributed by atoms with Gasteiger partial charge in [-0.1, -0.05) is 6.07 Å². The third-order valence-electron chi connectivity index (χ3n) is 1.57. The van der Waals surface area contributed by atoms with Gasteiger partial charge in [0.1, 0.15) is 0 Å². The zero-order valence-corrected chi connectivity index (χ0v) is 7.51. The molecule has 2 aromatic heterocycles. The number of hydrogen-bond acceptors (Lipinski definition) is 3. The Hall–Kier alpha value is -1.22. The highest BCUT2D eigenvalue weighted by molar-refractivity contribution is 7.15. The quantitative estimate of drug-likeness (QED) is 0.667. The van der Waals surface area contributed by atoms with E-state index in [1.54, 1.807) is 17.5 Å². The molecule has 0 bridgehead atoms. The van der Waals surface area contributed by atoms with E-state index in [0.717, 1.165) is 10.6 Å². The maximum atomic E-state index is 4.18. The van der Waals surface area contributed by atoms with Gasteiger partial charge in [-0.15, -0.1) is 11.3 Å². The van der Waals surface area contributed by atoms with Gasteiger partial charge in [0, 0.05) is 24.2 Å². The van der Waals surface area contributed by atoms with Gasteiger partial charge in [0.25, 0.3) is 0 Å². The van der Waals surface area contributed by atoms with Gasteiger partial charge < -0.3 is 0 Å². The molecule has 0 aliphatic carbocycles. The summed E-state index contributed by atoms with van der Waals surface area (Å²) in [6, 6.07) is 3.98. The van der Waals surface area contributed by atoms with Crippen molar-refractivity contribution in [1.29, 1.82) is 0 Å². The summed E-state index contributed by atoms with van der Waals surface area (Å²) in [5.74, 6) is 0. The molecule has 0 spiro atoms. The summed E-state index contributed by atoms with van der Waals surface area (Å²) in [4.78, 5) is 9.41. The highest BCUT2D eigenvalue weighted by atomic mass is 32.1. The highest BCUT2D eigenvalue weighted by Crippen LogP contribution is 2.24. The van der Waals surface area contributed by atoms with Crippen LogP contribution in [0.25, 0.3) is 10.4 Å². The third-order valence-corrected chi connectivity index (χ3v) is 2.53. The molecule has 12 heavy (non-hydrogen) atoms. The minimum atomic E-state index is 1.09. The molecule has 2 nitrogen and oxygen atoms in total. The number of nitrogens with zero attached hydrogens (tertiary/aromatic N) is 2. The standard InChI is InChI=1S/C9H8N2S/c1-7-11-6-9(12-7)8-3-2-4-10-5-8/h2-6H,1H3. The van der Waals surface area contributed by atoms with Crippen molar-refractivity contribution in [1.82, 2.24) is 9.97 Å². The van der Waals surface area contributed by atoms with Crippen molar-refractivity contribution in [2.45, 2.75) is 6.92 Å². The van der Waals surface area contributed by atoms with Crippen LogP contribution in [0.1, 0.15) is 5.01 Å². The molecule has 0 fully saturated rings. The monoisotopic (exact) mass is 176 g/mol. The smallest absolute Gasteiger partial charge is 0.0900 e. The zero-order valence-electron chi connectivity index (χ0n) is 6.69. The number of hydrogen-bond donors (Lipinski definition) is 0. The van der Waals surface area contributed by atoms with Crippen LogP contribution in [0.2, 0.25) is 0 Å². The van der Waals surface area contributed by atoms with Gasteiger partial charge >= 0.3 is 0 Å². The first-order valence-corrected chi connectivity index (χ1v) is 4.51. The van der Waals surface area contributed by atoms with Gasteiger partial charge in [-0.25, -0.2) is 4.98 Å². The van der Waals surface area contributed by atoms with Crippen LogP contribution < -0.4 is 0 Å². The minimum Gasteiger partial charge on any atom is -0.264 e. The number of aromatic nitrogens is 2. The molecule has 2 rings (SSSR count). The fourth-order valence-electron chi connectivity index (χ4n) is 1.00. The lowest BCUT2D eigenvalue weighted by atomic mass is 10.3. The van der Waals surface area contributed by atoms with Crippen molar-refractivity contribution < 1.29 is 0 Å². The maximum Gasteiger partial charge on any atom is 0.0900 e. The lowest BCUT2D eigenvalue weighted by Crippen LogP contribution is -1.72. The van der Waals surface area contributed by atoms with Crippen LogP contribution in [-0.2, 0) is 0 Å². The van der Waals surface area contributed by atoms with Crippen LogP contribution in [-0.4, -0.2) is 9.97 Å². The summed E-state index contributed by atoms with van der Waals surface area (Å²) in [6.45, 7) is 2.00. The van der Waals surface area contributed by atoms with Crippen LogP contribution in [0, 0.1) is 6.92 Å². The topological polar surface area (TPSA) is 25.8 Å². The van der Waals surface area contributed by atoms with E-state index in [-0.39, 0.29) is 0 Å². The molecule has 60 valence electrons. The van der Waals surface area contributed by atoms with Gasteiger partial charge in [-0.2, -0.15) is 0 Å². The van der Waals surface area contributed by atoms with E-state index < -0.39 is 0 Å². The Morgan fingerprint density at radius 2 is 2.25 bits per heavy atom. The first-order valence-electron chi connectivity index (χ1n) is 3.69. The third kappa shape index (κ3) is 1.36. The summed E-state index contributed by atoms with van der Waals surface area (Å²) in [7, 11) is 0. The number of rotatable bonds is 1. The maximum absolute atomic E-state index is 4.18. The van der Waals surface area contributed by atoms with E-state index in [2.05, 4.69) is 9.97 Å². The molecule has 0 saturated carbocycles. The van der Waals surface area contributed by atoms with Gasteiger partial charge in [0.2, 0.25) is 0 Å². The fourth-order valence-corrected chi connectivity index (χ4v) is 1.77. The molecular weight excluding hydrogens is 168 g/mol. The first kappa shape index (κ1) is 7.43. The number of thiazole rings is 1. The average molecular weight is 176 g/mol. The molecule has 0 aromatic carbocycles. The molecule has 0 unspecified atom stereocenters. The molecule has 0 aliphatic heterocycles. The Bertz CT molecular complexity index is 367. The Morgan fingerprint density at radius 3 is 2.83 bits per heavy atom. The molecule has 0 radical (unpaired) electrons. The number of pyridine rings is 1. The van der Waals surface area contributed by atoms with E-state index in [0.29, 0.717) is 0 Å². The Balaban J connectivity index is 2.45. The molecule has 2 heterocycles. The van der Waals surface area contributed by atoms with Crippen molar-refractivity contribution in [2.24, 2.45) is 0 Å². The lowest BCUT2D eigenvalue weighted by molar-refractivity contribution is 1.29. The van der Waals surface area contributed by atoms with Gasteiger partial charge in [-0.05, 0) is 13.0 Å². The van der Waals surface area contributed by atoms with E-state index in [1.165, 1.54) is 4.88 Å². The molecule has 0 N–H and O–H groups in total. The fraction of sp³-hybridized carbons (Fsp3) is 0.111. The molecule has 2 aromatic rings. The van der Waals surface area contributed by atoms with E-state index in [1.807, 2.05) is 31.5 Å². The van der Waals surface area contributed by atoms with Gasteiger partial charge in [0.15, 0.2) is 0 Å². The van der Waals surface area contributed by atoms with E-state index in [9.17, 15) is 0 Å². The normalized spacial score (nSPS) is 10.1. The SMILES string of the molecule is Cc1ncc(-c2cccnc2)s1. The Kier molecular flexibility index (Phi) is 1.87. The van der Waals surface area contributed by atoms with Crippen molar-refractivity contribution in [3.63, 3.8) is 0 Å². The van der Waals surface area contributed by atoms with Crippen LogP contribution in [0.4, 0.5) is 0 Å². The second kappa shape index (κ2) is 3.03. The van der Waals surface area contributed by atoms with Crippen LogP contribution in [0.5, 0.6) is 0 Å². The van der Waals surface area contributed by atoms with Gasteiger partial charge in [0.05, 0.1) is 9.88 Å². The molecule has 0 saturated heterocycles. The minimum absolute atomic E-state index is 1.09. The highest BCUT2D eigenvalue weighted by Gasteiger charge is 1.99. The van der Waals surface area contributed by atoms with Crippen molar-refractivity contribution in [3.8, 4) is 10.4 Å². The van der Waals surface area contributed by atoms with Crippen LogP contribution in [0.3, 0.4) is 0 Å². The second-order valence-electron chi connectivity index (χ2n) is 2.49. The van der Waals surface area contributed by atoms with Gasteiger partial charge in [-0.3, -0.25) is 4.98 Å². The molecule has 0 amide bonds. The Labute approximate surface area is 74.9 Å². The predicted molar refractivity (Wildman–Crippen MR) is 50.1 cm³/mol. The summed E-state index contributed by atoms with van der Waals surface area (Å²) >= 11 is 1.69. The largest absolute Gasteiger partial charge is 0.264 e. The van der Waals surface area contributed by atoms with Crippen molar-refractivity contribution in [3.05, 3.63) is 35.7 Å².